The smallest absolute Gasteiger partial charge is 0.244 e. The predicted molar refractivity (Wildman–Crippen MR) is 138 cm³/mol. The molecule has 2 aromatic carbocycles. The number of aromatic nitrogens is 1. The lowest BCUT2D eigenvalue weighted by Gasteiger charge is -2.32. The van der Waals surface area contributed by atoms with Crippen LogP contribution in [0.1, 0.15) is 17.5 Å². The highest BCUT2D eigenvalue weighted by molar-refractivity contribution is 9.10. The zero-order valence-corrected chi connectivity index (χ0v) is 22.3. The van der Waals surface area contributed by atoms with E-state index in [-0.39, 0.29) is 22.6 Å². The zero-order valence-electron chi connectivity index (χ0n) is 17.6. The number of rotatable bonds is 6. The molecule has 0 saturated carbocycles. The topological polar surface area (TPSA) is 77.3 Å². The highest BCUT2D eigenvalue weighted by atomic mass is 79.9. The van der Waals surface area contributed by atoms with Gasteiger partial charge in [-0.3, -0.25) is 0 Å². The van der Waals surface area contributed by atoms with Gasteiger partial charge in [-0.25, -0.2) is 13.4 Å². The van der Waals surface area contributed by atoms with Gasteiger partial charge < -0.3 is 4.90 Å². The van der Waals surface area contributed by atoms with Crippen molar-refractivity contribution in [3.63, 3.8) is 0 Å². The Bertz CT molecular complexity index is 1380. The fourth-order valence-corrected chi connectivity index (χ4v) is 6.37. The quantitative estimate of drug-likeness (QED) is 0.318. The van der Waals surface area contributed by atoms with E-state index < -0.39 is 10.0 Å². The summed E-state index contributed by atoms with van der Waals surface area (Å²) in [5.41, 5.74) is 2.06. The molecule has 34 heavy (non-hydrogen) atoms. The largest absolute Gasteiger partial charge is 0.363 e. The number of benzene rings is 2. The average molecular weight is 601 g/mol. The van der Waals surface area contributed by atoms with Crippen molar-refractivity contribution in [1.29, 1.82) is 5.26 Å². The van der Waals surface area contributed by atoms with Crippen molar-refractivity contribution < 1.29 is 8.42 Å². The first-order valence-corrected chi connectivity index (χ1v) is 13.6. The second-order valence-electron chi connectivity index (χ2n) is 7.74. The number of nitriles is 1. The standard InChI is InChI=1S/C23H18BrCl3N4O2S/c24-20-10-19(12-29-23(20)27)34(32,33)30-8-7-18(14-30)31(13-16-3-1-2-4-21(16)25)17-6-5-15(11-28)22(26)9-17/h1-6,9-10,12,18H,7-8,13-14H2/t18-/m0/s1. The Hall–Kier alpha value is -1.86. The fourth-order valence-electron chi connectivity index (χ4n) is 3.89. The molecule has 1 aliphatic rings. The van der Waals surface area contributed by atoms with Gasteiger partial charge in [-0.1, -0.05) is 53.0 Å². The molecule has 3 aromatic rings. The normalized spacial score (nSPS) is 16.4. The molecule has 0 spiro atoms. The van der Waals surface area contributed by atoms with Gasteiger partial charge in [0.1, 0.15) is 16.1 Å². The SMILES string of the molecule is N#Cc1ccc(N(Cc2ccccc2Cl)[C@H]2CCN(S(=O)(=O)c3cnc(Cl)c(Br)c3)C2)cc1Cl. The molecule has 1 atom stereocenters. The summed E-state index contributed by atoms with van der Waals surface area (Å²) in [5, 5.41) is 10.4. The Balaban J connectivity index is 1.66. The number of nitrogens with zero attached hydrogens (tertiary/aromatic N) is 4. The number of anilines is 1. The van der Waals surface area contributed by atoms with Gasteiger partial charge in [0.2, 0.25) is 10.0 Å². The van der Waals surface area contributed by atoms with E-state index in [1.807, 2.05) is 30.3 Å². The van der Waals surface area contributed by atoms with Crippen LogP contribution in [0.25, 0.3) is 0 Å². The van der Waals surface area contributed by atoms with Gasteiger partial charge in [-0.15, -0.1) is 0 Å². The van der Waals surface area contributed by atoms with Crippen LogP contribution in [-0.2, 0) is 16.6 Å². The van der Waals surface area contributed by atoms with Crippen LogP contribution in [0.15, 0.2) is 64.1 Å². The maximum Gasteiger partial charge on any atom is 0.244 e. The Morgan fingerprint density at radius 3 is 2.59 bits per heavy atom. The summed E-state index contributed by atoms with van der Waals surface area (Å²) in [7, 11) is -3.77. The number of pyridine rings is 1. The Morgan fingerprint density at radius 2 is 1.91 bits per heavy atom. The summed E-state index contributed by atoms with van der Waals surface area (Å²) in [6.45, 7) is 1.06. The van der Waals surface area contributed by atoms with Crippen molar-refractivity contribution in [2.45, 2.75) is 23.9 Å². The first-order chi connectivity index (χ1) is 16.2. The second-order valence-corrected chi connectivity index (χ2v) is 11.7. The highest BCUT2D eigenvalue weighted by Gasteiger charge is 2.36. The Morgan fingerprint density at radius 1 is 1.15 bits per heavy atom. The number of halogens is 4. The third-order valence-electron chi connectivity index (χ3n) is 5.68. The molecular formula is C23H18BrCl3N4O2S. The van der Waals surface area contributed by atoms with E-state index in [1.165, 1.54) is 16.6 Å². The van der Waals surface area contributed by atoms with Crippen LogP contribution >= 0.6 is 50.7 Å². The first kappa shape index (κ1) is 25.2. The molecule has 0 N–H and O–H groups in total. The predicted octanol–water partition coefficient (Wildman–Crippen LogP) is 6.15. The summed E-state index contributed by atoms with van der Waals surface area (Å²) in [6, 6.07) is 16.1. The van der Waals surface area contributed by atoms with Crippen LogP contribution < -0.4 is 4.90 Å². The van der Waals surface area contributed by atoms with Crippen molar-refractivity contribution in [3.8, 4) is 6.07 Å². The fraction of sp³-hybridized carbons (Fsp3) is 0.217. The van der Waals surface area contributed by atoms with E-state index >= 15 is 0 Å². The maximum atomic E-state index is 13.3. The minimum Gasteiger partial charge on any atom is -0.363 e. The summed E-state index contributed by atoms with van der Waals surface area (Å²) in [4.78, 5) is 6.11. The molecule has 11 heteroatoms. The van der Waals surface area contributed by atoms with Gasteiger partial charge in [0, 0.05) is 42.6 Å². The number of hydrogen-bond donors (Lipinski definition) is 0. The Labute approximate surface area is 221 Å². The molecule has 0 unspecified atom stereocenters. The molecular weight excluding hydrogens is 583 g/mol. The third kappa shape index (κ3) is 5.20. The van der Waals surface area contributed by atoms with E-state index in [0.717, 1.165) is 11.3 Å². The molecule has 176 valence electrons. The molecule has 0 bridgehead atoms. The molecule has 1 fully saturated rings. The average Bonchev–Trinajstić information content (AvgIpc) is 3.31. The molecule has 1 saturated heterocycles. The lowest BCUT2D eigenvalue weighted by atomic mass is 10.1. The third-order valence-corrected chi connectivity index (χ3v) is 9.32. The maximum absolute atomic E-state index is 13.3. The molecule has 4 rings (SSSR count). The molecule has 0 amide bonds. The number of sulfonamides is 1. The molecule has 1 aliphatic heterocycles. The summed E-state index contributed by atoms with van der Waals surface area (Å²) in [5.74, 6) is 0. The summed E-state index contributed by atoms with van der Waals surface area (Å²) < 4.78 is 28.4. The van der Waals surface area contributed by atoms with E-state index in [1.54, 1.807) is 12.1 Å². The van der Waals surface area contributed by atoms with Crippen LogP contribution in [0, 0.1) is 11.3 Å². The van der Waals surface area contributed by atoms with Gasteiger partial charge >= 0.3 is 0 Å². The second kappa shape index (κ2) is 10.4. The van der Waals surface area contributed by atoms with Crippen LogP contribution in [0.4, 0.5) is 5.69 Å². The van der Waals surface area contributed by atoms with Crippen molar-refractivity contribution >= 4 is 66.4 Å². The van der Waals surface area contributed by atoms with E-state index in [4.69, 9.17) is 34.8 Å². The number of hydrogen-bond acceptors (Lipinski definition) is 5. The van der Waals surface area contributed by atoms with E-state index in [2.05, 4.69) is 31.9 Å². The summed E-state index contributed by atoms with van der Waals surface area (Å²) >= 11 is 21.9. The van der Waals surface area contributed by atoms with Gasteiger partial charge in [-0.05, 0) is 58.2 Å². The summed E-state index contributed by atoms with van der Waals surface area (Å²) in [6.07, 6.45) is 1.86. The zero-order chi connectivity index (χ0) is 24.5. The Kier molecular flexibility index (Phi) is 7.72. The van der Waals surface area contributed by atoms with Gasteiger partial charge in [0.15, 0.2) is 0 Å². The molecule has 0 radical (unpaired) electrons. The molecule has 0 aliphatic carbocycles. The minimum atomic E-state index is -3.77. The highest BCUT2D eigenvalue weighted by Crippen LogP contribution is 2.33. The van der Waals surface area contributed by atoms with Crippen molar-refractivity contribution in [2.75, 3.05) is 18.0 Å². The van der Waals surface area contributed by atoms with E-state index in [0.29, 0.717) is 39.6 Å². The van der Waals surface area contributed by atoms with Crippen LogP contribution in [-0.4, -0.2) is 36.8 Å². The van der Waals surface area contributed by atoms with Crippen LogP contribution in [0.3, 0.4) is 0 Å². The lowest BCUT2D eigenvalue weighted by Crippen LogP contribution is -2.38. The lowest BCUT2D eigenvalue weighted by molar-refractivity contribution is 0.468. The van der Waals surface area contributed by atoms with Gasteiger partial charge in [-0.2, -0.15) is 9.57 Å². The molecule has 2 heterocycles. The van der Waals surface area contributed by atoms with Crippen molar-refractivity contribution in [2.24, 2.45) is 0 Å². The van der Waals surface area contributed by atoms with Crippen LogP contribution in [0.5, 0.6) is 0 Å². The van der Waals surface area contributed by atoms with E-state index in [9.17, 15) is 13.7 Å². The van der Waals surface area contributed by atoms with Crippen molar-refractivity contribution in [3.05, 3.63) is 85.5 Å². The minimum absolute atomic E-state index is 0.0727. The van der Waals surface area contributed by atoms with Crippen LogP contribution in [0.2, 0.25) is 15.2 Å². The van der Waals surface area contributed by atoms with Crippen molar-refractivity contribution in [1.82, 2.24) is 9.29 Å². The van der Waals surface area contributed by atoms with Gasteiger partial charge in [0.25, 0.3) is 0 Å². The molecule has 1 aromatic heterocycles. The monoisotopic (exact) mass is 598 g/mol. The first-order valence-electron chi connectivity index (χ1n) is 10.2. The molecule has 6 nitrogen and oxygen atoms in total. The van der Waals surface area contributed by atoms with Gasteiger partial charge in [0.05, 0.1) is 15.1 Å².